The first-order valence-corrected chi connectivity index (χ1v) is 20.6. The summed E-state index contributed by atoms with van der Waals surface area (Å²) >= 11 is 0. The minimum Gasteiger partial charge on any atom is -0.481 e. The average molecular weight is 819 g/mol. The Morgan fingerprint density at radius 3 is 1.59 bits per heavy atom. The van der Waals surface area contributed by atoms with Gasteiger partial charge >= 0.3 is 35.8 Å². The molecule has 14 nitrogen and oxygen atoms in total. The largest absolute Gasteiger partial charge is 0.481 e. The Morgan fingerprint density at radius 1 is 0.655 bits per heavy atom. The monoisotopic (exact) mass is 818 g/mol. The first kappa shape index (κ1) is 46.9. The number of hydrogen-bond acceptors (Lipinski definition) is 11. The van der Waals surface area contributed by atoms with E-state index in [0.29, 0.717) is 25.2 Å². The number of carbonyl (C=O) groups excluding carboxylic acids is 3. The quantitative estimate of drug-likeness (QED) is 0.0768. The predicted octanol–water partition coefficient (Wildman–Crippen LogP) is 6.49. The van der Waals surface area contributed by atoms with Gasteiger partial charge in [0.25, 0.3) is 0 Å². The van der Waals surface area contributed by atoms with Gasteiger partial charge in [-0.15, -0.1) is 0 Å². The molecule has 0 saturated heterocycles. The number of carboxylic acids is 3. The maximum Gasteiger partial charge on any atom is 0.335 e. The minimum atomic E-state index is -1.68. The van der Waals surface area contributed by atoms with Crippen molar-refractivity contribution in [3.05, 3.63) is 24.3 Å². The number of ether oxygens (including phenoxy) is 5. The summed E-state index contributed by atoms with van der Waals surface area (Å²) in [6, 6.07) is 0. The molecule has 14 heteroatoms. The van der Waals surface area contributed by atoms with Crippen LogP contribution in [0.25, 0.3) is 0 Å². The van der Waals surface area contributed by atoms with E-state index in [1.54, 1.807) is 0 Å². The lowest BCUT2D eigenvalue weighted by Crippen LogP contribution is -2.54. The van der Waals surface area contributed by atoms with Crippen LogP contribution in [-0.2, 0) is 52.5 Å². The standard InChI is InChI=1S/C44H66O14/c1-25-12-14-31-41(3,4)16-10-18-43(31,6)29(25)22-57-36(40(53)55-9)28(21-34(47)48)38(51)58-24-42(5)17-11-19-44(7)30(26(2)13-15-32(42)44)23-56-35(39(52)54-8)27(37(49)50)20-33(45)46/h27-32,35-36H,1-2,10-24H2,3-9H3,(H,45,46)(H,47,48)(H,49,50)/t27-,28-,29-,30-,31-,32-,35+,36+,42-,43-,44-/m0/s1. The molecule has 4 saturated carbocycles. The lowest BCUT2D eigenvalue weighted by Gasteiger charge is -2.58. The second-order valence-corrected chi connectivity index (χ2v) is 18.9. The lowest BCUT2D eigenvalue weighted by atomic mass is 9.47. The van der Waals surface area contributed by atoms with Gasteiger partial charge in [0.1, 0.15) is 11.8 Å². The van der Waals surface area contributed by atoms with Crippen LogP contribution in [0.1, 0.15) is 112 Å². The summed E-state index contributed by atoms with van der Waals surface area (Å²) in [7, 11) is 2.24. The van der Waals surface area contributed by atoms with E-state index in [1.165, 1.54) is 7.11 Å². The highest BCUT2D eigenvalue weighted by atomic mass is 16.6. The Hall–Kier alpha value is -3.78. The molecule has 0 radical (unpaired) electrons. The first-order valence-electron chi connectivity index (χ1n) is 20.6. The highest BCUT2D eigenvalue weighted by Crippen LogP contribution is 2.62. The van der Waals surface area contributed by atoms with Crippen molar-refractivity contribution in [2.75, 3.05) is 34.0 Å². The normalized spacial score (nSPS) is 32.6. The maximum atomic E-state index is 14.1. The molecule has 0 aromatic rings. The van der Waals surface area contributed by atoms with Crippen molar-refractivity contribution in [2.45, 2.75) is 124 Å². The van der Waals surface area contributed by atoms with Crippen molar-refractivity contribution in [2.24, 2.45) is 57.2 Å². The first-order chi connectivity index (χ1) is 27.1. The number of fused-ring (bicyclic) bond motifs is 2. The minimum absolute atomic E-state index is 0.0745. The van der Waals surface area contributed by atoms with Crippen LogP contribution in [0, 0.1) is 57.2 Å². The summed E-state index contributed by atoms with van der Waals surface area (Å²) in [6.45, 7) is 19.5. The number of carboxylic acid groups (broad SMARTS) is 3. The zero-order valence-electron chi connectivity index (χ0n) is 35.5. The van der Waals surface area contributed by atoms with Crippen LogP contribution in [0.2, 0.25) is 0 Å². The summed E-state index contributed by atoms with van der Waals surface area (Å²) in [5.41, 5.74) is 0.710. The van der Waals surface area contributed by atoms with Crippen LogP contribution in [-0.4, -0.2) is 97.4 Å². The third-order valence-electron chi connectivity index (χ3n) is 14.9. The Labute approximate surface area is 342 Å². The SMILES string of the molecule is C=C1CC[C@H]2C(C)(C)CCC[C@@]2(C)[C@H]1CO[C@@H](C(=O)OC)[C@H](CC(=O)O)C(=O)OC[C@]1(C)CCC[C@@]2(C)[C@@H](CO[C@@H](C(=O)OC)[C@H](CC(=O)O)C(=O)O)C(=C)CC[C@@H]12. The van der Waals surface area contributed by atoms with Crippen LogP contribution in [0.15, 0.2) is 24.3 Å². The Kier molecular flexibility index (Phi) is 15.1. The fourth-order valence-electron chi connectivity index (χ4n) is 11.8. The molecule has 4 aliphatic rings. The zero-order chi connectivity index (χ0) is 43.4. The van der Waals surface area contributed by atoms with E-state index in [-0.39, 0.29) is 48.4 Å². The van der Waals surface area contributed by atoms with Crippen LogP contribution in [0.5, 0.6) is 0 Å². The van der Waals surface area contributed by atoms with Gasteiger partial charge < -0.3 is 39.0 Å². The molecule has 58 heavy (non-hydrogen) atoms. The van der Waals surface area contributed by atoms with Gasteiger partial charge in [0.2, 0.25) is 0 Å². The van der Waals surface area contributed by atoms with Gasteiger partial charge in [0.05, 0.1) is 46.9 Å². The van der Waals surface area contributed by atoms with Crippen LogP contribution >= 0.6 is 0 Å². The molecule has 0 unspecified atom stereocenters. The molecule has 0 spiro atoms. The molecule has 0 aliphatic heterocycles. The summed E-state index contributed by atoms with van der Waals surface area (Å²) < 4.78 is 28.2. The summed E-state index contributed by atoms with van der Waals surface area (Å²) in [6.07, 6.45) is 3.58. The second-order valence-electron chi connectivity index (χ2n) is 18.9. The van der Waals surface area contributed by atoms with E-state index < -0.39 is 83.5 Å². The van der Waals surface area contributed by atoms with Gasteiger partial charge in [-0.2, -0.15) is 0 Å². The van der Waals surface area contributed by atoms with Crippen LogP contribution < -0.4 is 0 Å². The highest BCUT2D eigenvalue weighted by Gasteiger charge is 2.57. The molecule has 326 valence electrons. The molecule has 11 atom stereocenters. The number of rotatable bonds is 18. The Morgan fingerprint density at radius 2 is 1.10 bits per heavy atom. The predicted molar refractivity (Wildman–Crippen MR) is 210 cm³/mol. The van der Waals surface area contributed by atoms with E-state index in [2.05, 4.69) is 40.9 Å². The molecule has 0 bridgehead atoms. The van der Waals surface area contributed by atoms with Gasteiger partial charge in [0.15, 0.2) is 12.2 Å². The van der Waals surface area contributed by atoms with Crippen LogP contribution in [0.3, 0.4) is 0 Å². The number of aliphatic carboxylic acids is 3. The van der Waals surface area contributed by atoms with Gasteiger partial charge in [-0.05, 0) is 79.4 Å². The van der Waals surface area contributed by atoms with Crippen molar-refractivity contribution in [1.29, 1.82) is 0 Å². The fourth-order valence-corrected chi connectivity index (χ4v) is 11.8. The lowest BCUT2D eigenvalue weighted by molar-refractivity contribution is -0.181. The molecular weight excluding hydrogens is 752 g/mol. The fraction of sp³-hybridized carbons (Fsp3) is 0.773. The van der Waals surface area contributed by atoms with Gasteiger partial charge in [0, 0.05) is 17.3 Å². The molecule has 0 heterocycles. The molecular formula is C44H66O14. The number of hydrogen-bond donors (Lipinski definition) is 3. The number of methoxy groups -OCH3 is 2. The van der Waals surface area contributed by atoms with E-state index in [9.17, 15) is 44.1 Å². The molecule has 4 aliphatic carbocycles. The molecule has 3 N–H and O–H groups in total. The van der Waals surface area contributed by atoms with Crippen molar-refractivity contribution in [1.82, 2.24) is 0 Å². The summed E-state index contributed by atoms with van der Waals surface area (Å²) in [4.78, 5) is 75.9. The number of carbonyl (C=O) groups is 6. The highest BCUT2D eigenvalue weighted by molar-refractivity contribution is 5.87. The van der Waals surface area contributed by atoms with E-state index in [0.717, 1.165) is 63.2 Å². The van der Waals surface area contributed by atoms with Gasteiger partial charge in [-0.1, -0.05) is 71.8 Å². The summed E-state index contributed by atoms with van der Waals surface area (Å²) in [5, 5.41) is 29.1. The topological polar surface area (TPSA) is 209 Å². The third-order valence-corrected chi connectivity index (χ3v) is 14.9. The zero-order valence-corrected chi connectivity index (χ0v) is 35.5. The molecule has 4 fully saturated rings. The smallest absolute Gasteiger partial charge is 0.335 e. The van der Waals surface area contributed by atoms with Crippen LogP contribution in [0.4, 0.5) is 0 Å². The Balaban J connectivity index is 1.54. The average Bonchev–Trinajstić information content (AvgIpc) is 3.13. The van der Waals surface area contributed by atoms with Crippen molar-refractivity contribution in [3.8, 4) is 0 Å². The van der Waals surface area contributed by atoms with Crippen molar-refractivity contribution >= 4 is 35.8 Å². The number of esters is 3. The molecule has 4 rings (SSSR count). The van der Waals surface area contributed by atoms with Gasteiger partial charge in [-0.3, -0.25) is 19.2 Å². The molecule has 0 amide bonds. The van der Waals surface area contributed by atoms with Crippen molar-refractivity contribution in [3.63, 3.8) is 0 Å². The maximum absolute atomic E-state index is 14.1. The summed E-state index contributed by atoms with van der Waals surface area (Å²) in [5.74, 6) is -10.3. The molecule has 0 aromatic carbocycles. The second kappa shape index (κ2) is 18.6. The van der Waals surface area contributed by atoms with E-state index in [1.807, 2.05) is 6.92 Å². The van der Waals surface area contributed by atoms with Crippen molar-refractivity contribution < 1.29 is 67.8 Å². The third kappa shape index (κ3) is 9.80. The van der Waals surface area contributed by atoms with E-state index in [4.69, 9.17) is 23.7 Å². The Bertz CT molecular complexity index is 1600. The molecule has 0 aromatic heterocycles. The van der Waals surface area contributed by atoms with Gasteiger partial charge in [-0.25, -0.2) is 9.59 Å². The van der Waals surface area contributed by atoms with E-state index >= 15 is 0 Å².